The highest BCUT2D eigenvalue weighted by Gasteiger charge is 2.16. The van der Waals surface area contributed by atoms with Crippen LogP contribution in [0.15, 0.2) is 53.3 Å². The van der Waals surface area contributed by atoms with Crippen molar-refractivity contribution in [3.63, 3.8) is 0 Å². The van der Waals surface area contributed by atoms with Gasteiger partial charge < -0.3 is 5.11 Å². The molecule has 1 aromatic heterocycles. The normalized spacial score (nSPS) is 10.9. The van der Waals surface area contributed by atoms with E-state index in [1.54, 1.807) is 23.6 Å². The van der Waals surface area contributed by atoms with E-state index in [2.05, 4.69) is 4.98 Å². The maximum absolute atomic E-state index is 13.1. The van der Waals surface area contributed by atoms with E-state index in [0.29, 0.717) is 35.1 Å². The summed E-state index contributed by atoms with van der Waals surface area (Å²) in [6.45, 7) is 4.16. The Morgan fingerprint density at radius 3 is 2.50 bits per heavy atom. The molecule has 3 aromatic rings. The molecule has 0 fully saturated rings. The summed E-state index contributed by atoms with van der Waals surface area (Å²) in [5.74, 6) is 0.581. The molecule has 134 valence electrons. The number of halogens is 1. The van der Waals surface area contributed by atoms with E-state index >= 15 is 0 Å². The lowest BCUT2D eigenvalue weighted by atomic mass is 10.1. The fourth-order valence-corrected chi connectivity index (χ4v) is 3.16. The third-order valence-electron chi connectivity index (χ3n) is 4.38. The summed E-state index contributed by atoms with van der Waals surface area (Å²) in [5, 5.41) is 9.90. The molecule has 0 atom stereocenters. The Morgan fingerprint density at radius 1 is 1.12 bits per heavy atom. The van der Waals surface area contributed by atoms with Gasteiger partial charge in [-0.15, -0.1) is 0 Å². The molecule has 0 unspecified atom stereocenters. The van der Waals surface area contributed by atoms with E-state index in [1.807, 2.05) is 43.3 Å². The van der Waals surface area contributed by atoms with E-state index in [0.717, 1.165) is 11.1 Å². The predicted molar refractivity (Wildman–Crippen MR) is 105 cm³/mol. The SMILES string of the molecule is Cc1ccc(Cn2c(-c3cccc(Cl)c3)nc(C)c(CCO)c2=O)cc1. The largest absolute Gasteiger partial charge is 0.396 e. The quantitative estimate of drug-likeness (QED) is 0.746. The van der Waals surface area contributed by atoms with Crippen LogP contribution in [0.3, 0.4) is 0 Å². The van der Waals surface area contributed by atoms with Crippen LogP contribution in [0, 0.1) is 13.8 Å². The molecule has 0 saturated heterocycles. The summed E-state index contributed by atoms with van der Waals surface area (Å²) in [6, 6.07) is 15.4. The lowest BCUT2D eigenvalue weighted by Gasteiger charge is -2.16. The van der Waals surface area contributed by atoms with E-state index in [9.17, 15) is 9.90 Å². The fourth-order valence-electron chi connectivity index (χ4n) is 2.97. The molecule has 26 heavy (non-hydrogen) atoms. The number of benzene rings is 2. The van der Waals surface area contributed by atoms with Crippen molar-refractivity contribution in [3.8, 4) is 11.4 Å². The van der Waals surface area contributed by atoms with Gasteiger partial charge in [-0.05, 0) is 31.5 Å². The van der Waals surface area contributed by atoms with Crippen molar-refractivity contribution in [3.05, 3.63) is 86.3 Å². The molecule has 4 nitrogen and oxygen atoms in total. The van der Waals surface area contributed by atoms with Crippen molar-refractivity contribution in [2.45, 2.75) is 26.8 Å². The van der Waals surface area contributed by atoms with Gasteiger partial charge in [-0.1, -0.05) is 53.6 Å². The summed E-state index contributed by atoms with van der Waals surface area (Å²) in [6.07, 6.45) is 0.293. The molecule has 3 rings (SSSR count). The van der Waals surface area contributed by atoms with Crippen molar-refractivity contribution in [2.75, 3.05) is 6.61 Å². The Labute approximate surface area is 157 Å². The number of hydrogen-bond acceptors (Lipinski definition) is 3. The van der Waals surface area contributed by atoms with Gasteiger partial charge in [0.2, 0.25) is 0 Å². The summed E-state index contributed by atoms with van der Waals surface area (Å²) in [5.41, 5.74) is 4.03. The number of aliphatic hydroxyl groups excluding tert-OH is 1. The van der Waals surface area contributed by atoms with Crippen LogP contribution in [0.4, 0.5) is 0 Å². The van der Waals surface area contributed by atoms with Crippen molar-refractivity contribution < 1.29 is 5.11 Å². The second kappa shape index (κ2) is 7.85. The number of nitrogens with zero attached hydrogens (tertiary/aromatic N) is 2. The maximum atomic E-state index is 13.1. The highest BCUT2D eigenvalue weighted by Crippen LogP contribution is 2.22. The highest BCUT2D eigenvalue weighted by molar-refractivity contribution is 6.30. The molecule has 0 aliphatic heterocycles. The van der Waals surface area contributed by atoms with E-state index in [1.165, 1.54) is 5.56 Å². The van der Waals surface area contributed by atoms with Gasteiger partial charge in [0.15, 0.2) is 0 Å². The van der Waals surface area contributed by atoms with Crippen molar-refractivity contribution >= 4 is 11.6 Å². The second-order valence-corrected chi connectivity index (χ2v) is 6.80. The smallest absolute Gasteiger partial charge is 0.257 e. The molecule has 1 N–H and O–H groups in total. The van der Waals surface area contributed by atoms with Gasteiger partial charge >= 0.3 is 0 Å². The summed E-state index contributed by atoms with van der Waals surface area (Å²) >= 11 is 6.14. The van der Waals surface area contributed by atoms with Gasteiger partial charge in [-0.2, -0.15) is 0 Å². The molecule has 0 spiro atoms. The van der Waals surface area contributed by atoms with E-state index in [-0.39, 0.29) is 12.2 Å². The van der Waals surface area contributed by atoms with Gasteiger partial charge in [0.1, 0.15) is 5.82 Å². The minimum absolute atomic E-state index is 0.0845. The minimum Gasteiger partial charge on any atom is -0.396 e. The van der Waals surface area contributed by atoms with Crippen molar-refractivity contribution in [1.29, 1.82) is 0 Å². The molecule has 5 heteroatoms. The van der Waals surface area contributed by atoms with Gasteiger partial charge in [-0.25, -0.2) is 4.98 Å². The zero-order valence-corrected chi connectivity index (χ0v) is 15.6. The molecule has 0 aliphatic carbocycles. The van der Waals surface area contributed by atoms with Gasteiger partial charge in [0.05, 0.1) is 6.54 Å². The zero-order chi connectivity index (χ0) is 18.7. The first-order chi connectivity index (χ1) is 12.5. The van der Waals surface area contributed by atoms with E-state index < -0.39 is 0 Å². The molecule has 0 saturated carbocycles. The molecular weight excluding hydrogens is 348 g/mol. The average molecular weight is 369 g/mol. The molecular formula is C21H21ClN2O2. The topological polar surface area (TPSA) is 55.1 Å². The Hall–Kier alpha value is -2.43. The van der Waals surface area contributed by atoms with Crippen LogP contribution in [0.25, 0.3) is 11.4 Å². The fraction of sp³-hybridized carbons (Fsp3) is 0.238. The number of aryl methyl sites for hydroxylation is 2. The van der Waals surface area contributed by atoms with Crippen LogP contribution in [0.1, 0.15) is 22.4 Å². The lowest BCUT2D eigenvalue weighted by Crippen LogP contribution is -2.29. The Balaban J connectivity index is 2.19. The monoisotopic (exact) mass is 368 g/mol. The van der Waals surface area contributed by atoms with Crippen LogP contribution >= 0.6 is 11.6 Å². The third kappa shape index (κ3) is 3.87. The summed E-state index contributed by atoms with van der Waals surface area (Å²) < 4.78 is 1.66. The Kier molecular flexibility index (Phi) is 5.55. The van der Waals surface area contributed by atoms with Crippen LogP contribution in [-0.4, -0.2) is 21.3 Å². The Bertz CT molecular complexity index is 978. The highest BCUT2D eigenvalue weighted by atomic mass is 35.5. The molecule has 0 amide bonds. The van der Waals surface area contributed by atoms with Crippen LogP contribution in [0.2, 0.25) is 5.02 Å². The van der Waals surface area contributed by atoms with Crippen LogP contribution < -0.4 is 5.56 Å². The molecule has 0 bridgehead atoms. The van der Waals surface area contributed by atoms with Gasteiger partial charge in [-0.3, -0.25) is 9.36 Å². The maximum Gasteiger partial charge on any atom is 0.257 e. The molecule has 0 aliphatic rings. The second-order valence-electron chi connectivity index (χ2n) is 6.36. The van der Waals surface area contributed by atoms with Crippen LogP contribution in [-0.2, 0) is 13.0 Å². The van der Waals surface area contributed by atoms with E-state index in [4.69, 9.17) is 11.6 Å². The standard InChI is InChI=1S/C21H21ClN2O2/c1-14-6-8-16(9-7-14)13-24-20(17-4-3-5-18(22)12-17)23-15(2)19(10-11-25)21(24)26/h3-9,12,25H,10-11,13H2,1-2H3. The first-order valence-corrected chi connectivity index (χ1v) is 8.90. The summed E-state index contributed by atoms with van der Waals surface area (Å²) in [7, 11) is 0. The minimum atomic E-state index is -0.123. The number of rotatable bonds is 5. The number of aromatic nitrogens is 2. The van der Waals surface area contributed by atoms with Crippen molar-refractivity contribution in [2.24, 2.45) is 0 Å². The van der Waals surface area contributed by atoms with Gasteiger partial charge in [0, 0.05) is 34.9 Å². The predicted octanol–water partition coefficient (Wildman–Crippen LogP) is 3.76. The molecule has 0 radical (unpaired) electrons. The average Bonchev–Trinajstić information content (AvgIpc) is 2.62. The van der Waals surface area contributed by atoms with Gasteiger partial charge in [0.25, 0.3) is 5.56 Å². The third-order valence-corrected chi connectivity index (χ3v) is 4.61. The first-order valence-electron chi connectivity index (χ1n) is 8.52. The zero-order valence-electron chi connectivity index (χ0n) is 14.9. The lowest BCUT2D eigenvalue weighted by molar-refractivity contribution is 0.298. The number of hydrogen-bond donors (Lipinski definition) is 1. The Morgan fingerprint density at radius 2 is 1.85 bits per heavy atom. The summed E-state index contributed by atoms with van der Waals surface area (Å²) in [4.78, 5) is 17.8. The van der Waals surface area contributed by atoms with Crippen LogP contribution in [0.5, 0.6) is 0 Å². The first kappa shape index (κ1) is 18.4. The number of aliphatic hydroxyl groups is 1. The molecule has 2 aromatic carbocycles. The van der Waals surface area contributed by atoms with Crippen molar-refractivity contribution in [1.82, 2.24) is 9.55 Å². The molecule has 1 heterocycles.